The van der Waals surface area contributed by atoms with Gasteiger partial charge in [0, 0.05) is 30.5 Å². The number of anilines is 2. The second-order valence-corrected chi connectivity index (χ2v) is 7.32. The van der Waals surface area contributed by atoms with E-state index in [-0.39, 0.29) is 11.9 Å². The highest BCUT2D eigenvalue weighted by Crippen LogP contribution is 2.27. The van der Waals surface area contributed by atoms with Gasteiger partial charge < -0.3 is 20.7 Å². The zero-order chi connectivity index (χ0) is 21.1. The van der Waals surface area contributed by atoms with Gasteiger partial charge in [0.15, 0.2) is 12.4 Å². The van der Waals surface area contributed by atoms with Crippen LogP contribution in [0.15, 0.2) is 67.0 Å². The van der Waals surface area contributed by atoms with Crippen molar-refractivity contribution in [1.29, 1.82) is 0 Å². The van der Waals surface area contributed by atoms with E-state index >= 15 is 0 Å². The molecule has 0 radical (unpaired) electrons. The minimum absolute atomic E-state index is 0.179. The molecule has 0 saturated carbocycles. The predicted molar refractivity (Wildman–Crippen MR) is 114 cm³/mol. The number of nitrogens with zero attached hydrogens (tertiary/aromatic N) is 2. The first-order valence-electron chi connectivity index (χ1n) is 9.73. The van der Waals surface area contributed by atoms with Gasteiger partial charge in [-0.1, -0.05) is 29.8 Å². The third kappa shape index (κ3) is 4.25. The molecule has 30 heavy (non-hydrogen) atoms. The lowest BCUT2D eigenvalue weighted by Crippen LogP contribution is -2.38. The Morgan fingerprint density at radius 3 is 2.60 bits per heavy atom. The molecule has 2 aromatic carbocycles. The van der Waals surface area contributed by atoms with E-state index < -0.39 is 0 Å². The molecule has 1 aliphatic heterocycles. The van der Waals surface area contributed by atoms with Gasteiger partial charge in [0.25, 0.3) is 5.91 Å². The maximum absolute atomic E-state index is 12.7. The number of hydrogen-bond acceptors (Lipinski definition) is 3. The molecule has 0 spiro atoms. The number of aryl methyl sites for hydroxylation is 1. The van der Waals surface area contributed by atoms with Crippen LogP contribution in [0.4, 0.5) is 16.2 Å². The predicted octanol–water partition coefficient (Wildman–Crippen LogP) is 3.47. The normalized spacial score (nSPS) is 12.8. The average Bonchev–Trinajstić information content (AvgIpc) is 2.74. The monoisotopic (exact) mass is 402 g/mol. The first kappa shape index (κ1) is 19.4. The Bertz CT molecular complexity index is 1100. The van der Waals surface area contributed by atoms with Gasteiger partial charge in [-0.05, 0) is 48.7 Å². The van der Waals surface area contributed by atoms with Crippen molar-refractivity contribution in [3.8, 4) is 0 Å². The third-order valence-electron chi connectivity index (χ3n) is 5.13. The van der Waals surface area contributed by atoms with Crippen LogP contribution in [-0.4, -0.2) is 23.4 Å². The number of rotatable bonds is 3. The van der Waals surface area contributed by atoms with Gasteiger partial charge >= 0.3 is 6.03 Å². The van der Waals surface area contributed by atoms with E-state index in [1.54, 1.807) is 17.0 Å². The van der Waals surface area contributed by atoms with E-state index in [4.69, 9.17) is 0 Å². The van der Waals surface area contributed by atoms with Crippen LogP contribution in [0.2, 0.25) is 0 Å². The zero-order valence-electron chi connectivity index (χ0n) is 16.6. The lowest BCUT2D eigenvalue weighted by Gasteiger charge is -2.30. The molecule has 3 amide bonds. The topological polar surface area (TPSA) is 88.4 Å². The number of benzene rings is 2. The molecule has 0 atom stereocenters. The Hall–Kier alpha value is -3.87. The van der Waals surface area contributed by atoms with Gasteiger partial charge in [-0.3, -0.25) is 4.79 Å². The quantitative estimate of drug-likeness (QED) is 0.519. The molecule has 2 N–H and O–H groups in total. The van der Waals surface area contributed by atoms with Crippen molar-refractivity contribution in [3.63, 3.8) is 0 Å². The summed E-state index contributed by atoms with van der Waals surface area (Å²) in [6, 6.07) is 16.2. The van der Waals surface area contributed by atoms with Crippen molar-refractivity contribution in [2.75, 3.05) is 17.2 Å². The SMILES string of the molecule is Cc1ccc(NC(=O)Nc2cccc3c2CCN(C(=O)c2ccc[n+]([O-])c2)C3)cc1. The summed E-state index contributed by atoms with van der Waals surface area (Å²) in [7, 11) is 0. The smallest absolute Gasteiger partial charge is 0.323 e. The Morgan fingerprint density at radius 2 is 1.83 bits per heavy atom. The Labute approximate surface area is 174 Å². The van der Waals surface area contributed by atoms with Crippen LogP contribution in [0.5, 0.6) is 0 Å². The number of nitrogens with one attached hydrogen (secondary N) is 2. The first-order chi connectivity index (χ1) is 14.5. The molecule has 152 valence electrons. The van der Waals surface area contributed by atoms with Crippen LogP contribution in [0.1, 0.15) is 27.0 Å². The number of aromatic nitrogens is 1. The number of hydrogen-bond donors (Lipinski definition) is 2. The Kier molecular flexibility index (Phi) is 5.34. The summed E-state index contributed by atoms with van der Waals surface area (Å²) in [4.78, 5) is 26.9. The molecule has 0 fully saturated rings. The highest BCUT2D eigenvalue weighted by Gasteiger charge is 2.24. The van der Waals surface area contributed by atoms with Gasteiger partial charge in [0.2, 0.25) is 0 Å². The standard InChI is InChI=1S/C23H22N4O3/c1-16-7-9-19(10-8-16)24-23(29)25-21-6-2-4-17-14-26(13-11-20(17)21)22(28)18-5-3-12-27(30)15-18/h2-10,12,15H,11,13-14H2,1H3,(H2,24,25,29). The molecule has 3 aromatic rings. The summed E-state index contributed by atoms with van der Waals surface area (Å²) in [5.74, 6) is -0.179. The van der Waals surface area contributed by atoms with Crippen molar-refractivity contribution >= 4 is 23.3 Å². The molecule has 4 rings (SSSR count). The van der Waals surface area contributed by atoms with Crippen LogP contribution in [0.3, 0.4) is 0 Å². The maximum Gasteiger partial charge on any atom is 0.323 e. The maximum atomic E-state index is 12.7. The number of pyridine rings is 1. The number of carbonyl (C=O) groups excluding carboxylic acids is 2. The summed E-state index contributed by atoms with van der Waals surface area (Å²) >= 11 is 0. The molecule has 7 nitrogen and oxygen atoms in total. The second-order valence-electron chi connectivity index (χ2n) is 7.32. The molecular formula is C23H22N4O3. The molecule has 0 bridgehead atoms. The van der Waals surface area contributed by atoms with Gasteiger partial charge in [-0.15, -0.1) is 0 Å². The van der Waals surface area contributed by atoms with Crippen LogP contribution in [-0.2, 0) is 13.0 Å². The summed E-state index contributed by atoms with van der Waals surface area (Å²) in [6.45, 7) is 2.93. The van der Waals surface area contributed by atoms with Crippen LogP contribution in [0.25, 0.3) is 0 Å². The van der Waals surface area contributed by atoms with Crippen LogP contribution >= 0.6 is 0 Å². The highest BCUT2D eigenvalue weighted by atomic mass is 16.5. The fourth-order valence-electron chi connectivity index (χ4n) is 3.59. The van der Waals surface area contributed by atoms with Crippen molar-refractivity contribution < 1.29 is 14.3 Å². The molecule has 7 heteroatoms. The van der Waals surface area contributed by atoms with Crippen LogP contribution < -0.4 is 15.4 Å². The minimum Gasteiger partial charge on any atom is -0.619 e. The molecule has 1 aliphatic rings. The van der Waals surface area contributed by atoms with E-state index in [0.717, 1.165) is 28.1 Å². The summed E-state index contributed by atoms with van der Waals surface area (Å²) < 4.78 is 0.625. The van der Waals surface area contributed by atoms with Gasteiger partial charge in [0.05, 0.1) is 0 Å². The van der Waals surface area contributed by atoms with Gasteiger partial charge in [-0.25, -0.2) is 4.79 Å². The molecule has 0 aliphatic carbocycles. The number of fused-ring (bicyclic) bond motifs is 1. The fourth-order valence-corrected chi connectivity index (χ4v) is 3.59. The largest absolute Gasteiger partial charge is 0.619 e. The molecular weight excluding hydrogens is 380 g/mol. The molecule has 2 heterocycles. The lowest BCUT2D eigenvalue weighted by molar-refractivity contribution is -0.605. The van der Waals surface area contributed by atoms with E-state index in [9.17, 15) is 14.8 Å². The second kappa shape index (κ2) is 8.24. The highest BCUT2D eigenvalue weighted by molar-refractivity contribution is 6.00. The fraction of sp³-hybridized carbons (Fsp3) is 0.174. The van der Waals surface area contributed by atoms with Crippen molar-refractivity contribution in [3.05, 3.63) is 94.5 Å². The Balaban J connectivity index is 1.46. The van der Waals surface area contributed by atoms with E-state index in [1.807, 2.05) is 49.4 Å². The first-order valence-corrected chi connectivity index (χ1v) is 9.73. The molecule has 0 unspecified atom stereocenters. The average molecular weight is 402 g/mol. The molecule has 1 aromatic heterocycles. The Morgan fingerprint density at radius 1 is 1.03 bits per heavy atom. The summed E-state index contributed by atoms with van der Waals surface area (Å²) in [5.41, 5.74) is 4.95. The van der Waals surface area contributed by atoms with E-state index in [2.05, 4.69) is 10.6 Å². The van der Waals surface area contributed by atoms with Gasteiger partial charge in [0.1, 0.15) is 5.56 Å². The lowest BCUT2D eigenvalue weighted by atomic mass is 9.97. The summed E-state index contributed by atoms with van der Waals surface area (Å²) in [5, 5.41) is 17.2. The number of urea groups is 1. The summed E-state index contributed by atoms with van der Waals surface area (Å²) in [6.07, 6.45) is 3.25. The number of amides is 3. The van der Waals surface area contributed by atoms with Crippen molar-refractivity contribution in [1.82, 2.24) is 4.90 Å². The van der Waals surface area contributed by atoms with Gasteiger partial charge in [-0.2, -0.15) is 4.73 Å². The van der Waals surface area contributed by atoms with E-state index in [0.29, 0.717) is 29.8 Å². The van der Waals surface area contributed by atoms with E-state index in [1.165, 1.54) is 12.4 Å². The zero-order valence-corrected chi connectivity index (χ0v) is 16.6. The number of carbonyl (C=O) groups is 2. The minimum atomic E-state index is -0.310. The van der Waals surface area contributed by atoms with Crippen molar-refractivity contribution in [2.45, 2.75) is 19.9 Å². The molecule has 0 saturated heterocycles. The third-order valence-corrected chi connectivity index (χ3v) is 5.13. The van der Waals surface area contributed by atoms with Crippen LogP contribution in [0, 0.1) is 12.1 Å². The van der Waals surface area contributed by atoms with Crippen molar-refractivity contribution in [2.24, 2.45) is 0 Å².